The summed E-state index contributed by atoms with van der Waals surface area (Å²) in [6.07, 6.45) is 0.730. The molecule has 4 heteroatoms. The number of hydrogen-bond donors (Lipinski definition) is 3. The number of aliphatic imine (C=N–C) groups is 1. The summed E-state index contributed by atoms with van der Waals surface area (Å²) in [5.41, 5.74) is -0.0784. The van der Waals surface area contributed by atoms with Gasteiger partial charge in [-0.1, -0.05) is 0 Å². The van der Waals surface area contributed by atoms with Crippen molar-refractivity contribution in [2.24, 2.45) is 4.99 Å². The molecule has 0 fully saturated rings. The molecular formula is C8H17N3O. The second-order valence-electron chi connectivity index (χ2n) is 3.64. The van der Waals surface area contributed by atoms with Crippen molar-refractivity contribution in [3.8, 4) is 0 Å². The van der Waals surface area contributed by atoms with Crippen LogP contribution in [0.1, 0.15) is 20.3 Å². The number of hydrogen-bond acceptors (Lipinski definition) is 4. The van der Waals surface area contributed by atoms with Crippen LogP contribution in [0, 0.1) is 0 Å². The minimum absolute atomic E-state index is 0.0784. The van der Waals surface area contributed by atoms with E-state index >= 15 is 0 Å². The Hall–Kier alpha value is -0.770. The highest BCUT2D eigenvalue weighted by Gasteiger charge is 2.19. The van der Waals surface area contributed by atoms with Crippen molar-refractivity contribution in [2.75, 3.05) is 19.7 Å². The Bertz CT molecular complexity index is 177. The van der Waals surface area contributed by atoms with Crippen molar-refractivity contribution in [3.05, 3.63) is 0 Å². The molecule has 12 heavy (non-hydrogen) atoms. The molecule has 0 aromatic rings. The highest BCUT2D eigenvalue weighted by molar-refractivity contribution is 5.81. The van der Waals surface area contributed by atoms with E-state index in [-0.39, 0.29) is 12.1 Å². The first kappa shape index (κ1) is 9.32. The molecule has 0 aromatic heterocycles. The van der Waals surface area contributed by atoms with Gasteiger partial charge in [-0.15, -0.1) is 0 Å². The van der Waals surface area contributed by atoms with Gasteiger partial charge in [0.2, 0.25) is 0 Å². The van der Waals surface area contributed by atoms with Crippen LogP contribution in [0.2, 0.25) is 0 Å². The normalized spacial score (nSPS) is 17.1. The Morgan fingerprint density at radius 1 is 1.67 bits per heavy atom. The van der Waals surface area contributed by atoms with Gasteiger partial charge in [0.25, 0.3) is 0 Å². The van der Waals surface area contributed by atoms with Crippen LogP contribution in [0.4, 0.5) is 0 Å². The summed E-state index contributed by atoms with van der Waals surface area (Å²) in [4.78, 5) is 4.22. The SMILES string of the molecule is CC(C)(CCO)NC1=NCCN1. The van der Waals surface area contributed by atoms with Crippen molar-refractivity contribution in [3.63, 3.8) is 0 Å². The van der Waals surface area contributed by atoms with E-state index in [0.717, 1.165) is 25.5 Å². The zero-order valence-corrected chi connectivity index (χ0v) is 7.72. The van der Waals surface area contributed by atoms with Crippen molar-refractivity contribution >= 4 is 5.96 Å². The van der Waals surface area contributed by atoms with E-state index in [9.17, 15) is 0 Å². The van der Waals surface area contributed by atoms with E-state index in [0.29, 0.717) is 0 Å². The van der Waals surface area contributed by atoms with Gasteiger partial charge in [-0.05, 0) is 20.3 Å². The molecule has 3 N–H and O–H groups in total. The van der Waals surface area contributed by atoms with E-state index in [2.05, 4.69) is 15.6 Å². The molecule has 0 aliphatic carbocycles. The van der Waals surface area contributed by atoms with Crippen molar-refractivity contribution in [1.82, 2.24) is 10.6 Å². The topological polar surface area (TPSA) is 56.6 Å². The molecule has 0 spiro atoms. The Balaban J connectivity index is 2.37. The van der Waals surface area contributed by atoms with Gasteiger partial charge in [-0.3, -0.25) is 4.99 Å². The Morgan fingerprint density at radius 2 is 2.42 bits per heavy atom. The van der Waals surface area contributed by atoms with Crippen LogP contribution < -0.4 is 10.6 Å². The molecule has 0 unspecified atom stereocenters. The van der Waals surface area contributed by atoms with Crippen LogP contribution >= 0.6 is 0 Å². The Kier molecular flexibility index (Phi) is 2.92. The van der Waals surface area contributed by atoms with Gasteiger partial charge < -0.3 is 15.7 Å². The van der Waals surface area contributed by atoms with Crippen LogP contribution in [0.15, 0.2) is 4.99 Å². The zero-order chi connectivity index (χ0) is 9.03. The average molecular weight is 171 g/mol. The number of nitrogens with zero attached hydrogens (tertiary/aromatic N) is 1. The van der Waals surface area contributed by atoms with E-state index in [1.54, 1.807) is 0 Å². The van der Waals surface area contributed by atoms with Gasteiger partial charge in [0.05, 0.1) is 6.54 Å². The lowest BCUT2D eigenvalue weighted by atomic mass is 10.0. The van der Waals surface area contributed by atoms with Crippen molar-refractivity contribution in [2.45, 2.75) is 25.8 Å². The fourth-order valence-electron chi connectivity index (χ4n) is 1.14. The average Bonchev–Trinajstić information content (AvgIpc) is 2.38. The maximum atomic E-state index is 8.78. The first-order chi connectivity index (χ1) is 5.64. The molecule has 1 heterocycles. The zero-order valence-electron chi connectivity index (χ0n) is 7.72. The minimum atomic E-state index is -0.0784. The minimum Gasteiger partial charge on any atom is -0.396 e. The van der Waals surface area contributed by atoms with Gasteiger partial charge in [0.1, 0.15) is 0 Å². The number of guanidine groups is 1. The van der Waals surface area contributed by atoms with Crippen molar-refractivity contribution in [1.29, 1.82) is 0 Å². The number of aliphatic hydroxyl groups is 1. The predicted octanol–water partition coefficient (Wildman–Crippen LogP) is -0.304. The largest absolute Gasteiger partial charge is 0.396 e. The maximum Gasteiger partial charge on any atom is 0.191 e. The third-order valence-corrected chi connectivity index (χ3v) is 1.87. The van der Waals surface area contributed by atoms with Gasteiger partial charge in [0, 0.05) is 18.7 Å². The Morgan fingerprint density at radius 3 is 2.92 bits per heavy atom. The molecule has 0 radical (unpaired) electrons. The third kappa shape index (κ3) is 2.70. The quantitative estimate of drug-likeness (QED) is 0.546. The third-order valence-electron chi connectivity index (χ3n) is 1.87. The van der Waals surface area contributed by atoms with Crippen LogP contribution in [-0.4, -0.2) is 36.3 Å². The second-order valence-corrected chi connectivity index (χ2v) is 3.64. The first-order valence-electron chi connectivity index (χ1n) is 4.31. The van der Waals surface area contributed by atoms with Gasteiger partial charge in [-0.25, -0.2) is 0 Å². The first-order valence-corrected chi connectivity index (χ1v) is 4.31. The summed E-state index contributed by atoms with van der Waals surface area (Å²) in [5.74, 6) is 0.855. The second kappa shape index (κ2) is 3.76. The molecule has 0 saturated carbocycles. The van der Waals surface area contributed by atoms with Gasteiger partial charge in [-0.2, -0.15) is 0 Å². The van der Waals surface area contributed by atoms with E-state index in [4.69, 9.17) is 5.11 Å². The number of nitrogens with one attached hydrogen (secondary N) is 2. The molecule has 0 atom stereocenters. The number of aliphatic hydroxyl groups excluding tert-OH is 1. The standard InChI is InChI=1S/C8H17N3O/c1-8(2,3-6-12)11-7-9-4-5-10-7/h12H,3-6H2,1-2H3,(H2,9,10,11). The molecule has 0 aromatic carbocycles. The molecule has 0 saturated heterocycles. The summed E-state index contributed by atoms with van der Waals surface area (Å²) in [5, 5.41) is 15.1. The summed E-state index contributed by atoms with van der Waals surface area (Å²) in [6, 6.07) is 0. The monoisotopic (exact) mass is 171 g/mol. The molecule has 0 amide bonds. The van der Waals surface area contributed by atoms with E-state index in [1.165, 1.54) is 0 Å². The lowest BCUT2D eigenvalue weighted by molar-refractivity contribution is 0.244. The number of rotatable bonds is 3. The van der Waals surface area contributed by atoms with Crippen molar-refractivity contribution < 1.29 is 5.11 Å². The highest BCUT2D eigenvalue weighted by Crippen LogP contribution is 2.06. The van der Waals surface area contributed by atoms with Crippen LogP contribution in [0.3, 0.4) is 0 Å². The smallest absolute Gasteiger partial charge is 0.191 e. The molecule has 1 aliphatic heterocycles. The molecule has 4 nitrogen and oxygen atoms in total. The summed E-state index contributed by atoms with van der Waals surface area (Å²) in [7, 11) is 0. The molecule has 1 aliphatic rings. The van der Waals surface area contributed by atoms with Crippen LogP contribution in [-0.2, 0) is 0 Å². The molecule has 0 bridgehead atoms. The fraction of sp³-hybridized carbons (Fsp3) is 0.875. The lowest BCUT2D eigenvalue weighted by Gasteiger charge is -2.26. The van der Waals surface area contributed by atoms with E-state index < -0.39 is 0 Å². The lowest BCUT2D eigenvalue weighted by Crippen LogP contribution is -2.48. The maximum absolute atomic E-state index is 8.78. The highest BCUT2D eigenvalue weighted by atomic mass is 16.3. The van der Waals surface area contributed by atoms with Gasteiger partial charge in [0.15, 0.2) is 5.96 Å². The van der Waals surface area contributed by atoms with Crippen LogP contribution in [0.5, 0.6) is 0 Å². The summed E-state index contributed by atoms with van der Waals surface area (Å²) < 4.78 is 0. The predicted molar refractivity (Wildman–Crippen MR) is 49.2 cm³/mol. The fourth-order valence-corrected chi connectivity index (χ4v) is 1.14. The van der Waals surface area contributed by atoms with Gasteiger partial charge >= 0.3 is 0 Å². The van der Waals surface area contributed by atoms with E-state index in [1.807, 2.05) is 13.8 Å². The van der Waals surface area contributed by atoms with Crippen LogP contribution in [0.25, 0.3) is 0 Å². The Labute approximate surface area is 73.1 Å². The molecule has 1 rings (SSSR count). The molecule has 70 valence electrons. The summed E-state index contributed by atoms with van der Waals surface area (Å²) >= 11 is 0. The summed E-state index contributed by atoms with van der Waals surface area (Å²) in [6.45, 7) is 6.06. The molecular weight excluding hydrogens is 154 g/mol.